The number of nitriles is 1. The topological polar surface area (TPSA) is 84.0 Å². The molecule has 0 atom stereocenters. The van der Waals surface area contributed by atoms with Gasteiger partial charge >= 0.3 is 0 Å². The summed E-state index contributed by atoms with van der Waals surface area (Å²) in [6, 6.07) is 17.4. The Hall–Kier alpha value is -3.28. The molecule has 6 nitrogen and oxygen atoms in total. The minimum Gasteiger partial charge on any atom is -0.510 e. The van der Waals surface area contributed by atoms with Crippen LogP contribution in [-0.4, -0.2) is 32.5 Å². The second-order valence-corrected chi connectivity index (χ2v) is 7.96. The average Bonchev–Trinajstić information content (AvgIpc) is 3.39. The highest BCUT2D eigenvalue weighted by molar-refractivity contribution is 7.99. The molecule has 4 aromatic rings. The van der Waals surface area contributed by atoms with Crippen molar-refractivity contribution in [3.63, 3.8) is 0 Å². The number of hydrogen-bond donors (Lipinski definition) is 1. The summed E-state index contributed by atoms with van der Waals surface area (Å²) in [6.07, 6.45) is 3.54. The zero-order valence-electron chi connectivity index (χ0n) is 15.4. The summed E-state index contributed by atoms with van der Waals surface area (Å²) in [5.41, 5.74) is 1.91. The Morgan fingerprint density at radius 1 is 1.28 bits per heavy atom. The van der Waals surface area contributed by atoms with Crippen LogP contribution in [0.15, 0.2) is 71.8 Å². The van der Waals surface area contributed by atoms with Gasteiger partial charge in [0.1, 0.15) is 28.2 Å². The van der Waals surface area contributed by atoms with E-state index in [0.29, 0.717) is 10.2 Å². The number of fused-ring (bicyclic) bond motifs is 1. The minimum atomic E-state index is -0.0169. The summed E-state index contributed by atoms with van der Waals surface area (Å²) in [6.45, 7) is 0. The maximum absolute atomic E-state index is 10.6. The first-order valence-electron chi connectivity index (χ1n) is 8.68. The zero-order chi connectivity index (χ0) is 20.2. The molecule has 144 valence electrons. The summed E-state index contributed by atoms with van der Waals surface area (Å²) >= 11 is 2.73. The van der Waals surface area contributed by atoms with E-state index in [1.54, 1.807) is 13.3 Å². The first kappa shape index (κ1) is 19.1. The van der Waals surface area contributed by atoms with Gasteiger partial charge in [0.25, 0.3) is 0 Å². The van der Waals surface area contributed by atoms with Gasteiger partial charge in [-0.3, -0.25) is 4.57 Å². The Kier molecular flexibility index (Phi) is 5.51. The van der Waals surface area contributed by atoms with E-state index in [9.17, 15) is 10.4 Å². The lowest BCUT2D eigenvalue weighted by molar-refractivity contribution is 0.414. The number of aliphatic hydroxyl groups is 1. The minimum absolute atomic E-state index is 0.0169. The molecule has 0 aliphatic rings. The number of para-hydroxylation sites is 1. The van der Waals surface area contributed by atoms with Crippen molar-refractivity contribution >= 4 is 38.9 Å². The van der Waals surface area contributed by atoms with E-state index in [1.165, 1.54) is 23.1 Å². The largest absolute Gasteiger partial charge is 0.510 e. The predicted octanol–water partition coefficient (Wildman–Crippen LogP) is 5.08. The molecule has 0 spiro atoms. The monoisotopic (exact) mass is 420 g/mol. The lowest BCUT2D eigenvalue weighted by Crippen LogP contribution is -1.98. The third-order valence-electron chi connectivity index (χ3n) is 4.18. The summed E-state index contributed by atoms with van der Waals surface area (Å²) in [7, 11) is 1.62. The van der Waals surface area contributed by atoms with Gasteiger partial charge in [-0.1, -0.05) is 30.0 Å². The number of ether oxygens (including phenoxy) is 1. The maximum atomic E-state index is 10.6. The molecule has 0 aliphatic carbocycles. The highest BCUT2D eigenvalue weighted by Crippen LogP contribution is 2.30. The SMILES string of the molecule is COc1cccc(-n2ccnc2SCC(O)=C(C#N)c2nc3ccccc3s2)c1. The molecule has 2 aromatic carbocycles. The smallest absolute Gasteiger partial charge is 0.173 e. The number of allylic oxidation sites excluding steroid dienone is 1. The zero-order valence-corrected chi connectivity index (χ0v) is 17.1. The van der Waals surface area contributed by atoms with E-state index >= 15 is 0 Å². The van der Waals surface area contributed by atoms with Crippen LogP contribution in [0.4, 0.5) is 0 Å². The first-order valence-corrected chi connectivity index (χ1v) is 10.5. The van der Waals surface area contributed by atoms with Crippen LogP contribution in [0.1, 0.15) is 5.01 Å². The van der Waals surface area contributed by atoms with E-state index < -0.39 is 0 Å². The summed E-state index contributed by atoms with van der Waals surface area (Å²) in [5, 5.41) is 21.4. The van der Waals surface area contributed by atoms with E-state index in [4.69, 9.17) is 4.74 Å². The highest BCUT2D eigenvalue weighted by atomic mass is 32.2. The number of benzene rings is 2. The van der Waals surface area contributed by atoms with Gasteiger partial charge in [-0.05, 0) is 24.3 Å². The third-order valence-corrected chi connectivity index (χ3v) is 6.22. The van der Waals surface area contributed by atoms with Gasteiger partial charge in [0.05, 0.1) is 28.8 Å². The summed E-state index contributed by atoms with van der Waals surface area (Å²) in [4.78, 5) is 8.84. The molecule has 0 unspecified atom stereocenters. The number of hydrogen-bond acceptors (Lipinski definition) is 7. The molecule has 29 heavy (non-hydrogen) atoms. The van der Waals surface area contributed by atoms with Crippen molar-refractivity contribution < 1.29 is 9.84 Å². The molecule has 0 fully saturated rings. The number of aliphatic hydroxyl groups excluding tert-OH is 1. The Morgan fingerprint density at radius 2 is 2.14 bits per heavy atom. The van der Waals surface area contributed by atoms with Crippen LogP contribution in [0.25, 0.3) is 21.5 Å². The molecule has 2 aromatic heterocycles. The van der Waals surface area contributed by atoms with Gasteiger partial charge in [-0.15, -0.1) is 11.3 Å². The molecular weight excluding hydrogens is 404 g/mol. The molecular formula is C21H16N4O2S2. The molecule has 4 rings (SSSR count). The van der Waals surface area contributed by atoms with Crippen LogP contribution in [0.5, 0.6) is 5.75 Å². The number of imidazole rings is 1. The van der Waals surface area contributed by atoms with Crippen LogP contribution < -0.4 is 4.74 Å². The van der Waals surface area contributed by atoms with Crippen molar-refractivity contribution in [3.8, 4) is 17.5 Å². The second-order valence-electron chi connectivity index (χ2n) is 5.99. The average molecular weight is 421 g/mol. The number of methoxy groups -OCH3 is 1. The number of aromatic nitrogens is 3. The molecule has 1 N–H and O–H groups in total. The Labute approximate surface area is 175 Å². The normalized spacial score (nSPS) is 11.9. The Balaban J connectivity index is 1.58. The Bertz CT molecular complexity index is 1200. The van der Waals surface area contributed by atoms with Gasteiger partial charge in [-0.2, -0.15) is 5.26 Å². The van der Waals surface area contributed by atoms with Crippen molar-refractivity contribution in [2.75, 3.05) is 12.9 Å². The highest BCUT2D eigenvalue weighted by Gasteiger charge is 2.15. The van der Waals surface area contributed by atoms with Crippen molar-refractivity contribution in [1.82, 2.24) is 14.5 Å². The van der Waals surface area contributed by atoms with E-state index in [-0.39, 0.29) is 17.1 Å². The van der Waals surface area contributed by atoms with Gasteiger partial charge in [0.15, 0.2) is 5.16 Å². The van der Waals surface area contributed by atoms with Gasteiger partial charge < -0.3 is 9.84 Å². The van der Waals surface area contributed by atoms with Crippen LogP contribution >= 0.6 is 23.1 Å². The van der Waals surface area contributed by atoms with Crippen molar-refractivity contribution in [2.24, 2.45) is 0 Å². The summed E-state index contributed by atoms with van der Waals surface area (Å²) < 4.78 is 8.16. The number of nitrogens with zero attached hydrogens (tertiary/aromatic N) is 4. The first-order chi connectivity index (χ1) is 14.2. The molecule has 0 bridgehead atoms. The quantitative estimate of drug-likeness (QED) is 0.266. The van der Waals surface area contributed by atoms with Crippen molar-refractivity contribution in [1.29, 1.82) is 5.26 Å². The molecule has 2 heterocycles. The molecule has 0 saturated heterocycles. The van der Waals surface area contributed by atoms with Gasteiger partial charge in [-0.25, -0.2) is 9.97 Å². The van der Waals surface area contributed by atoms with E-state index in [1.807, 2.05) is 59.3 Å². The van der Waals surface area contributed by atoms with Crippen LogP contribution in [0, 0.1) is 11.3 Å². The number of thiazole rings is 1. The number of thioether (sulfide) groups is 1. The lowest BCUT2D eigenvalue weighted by atomic mass is 10.2. The molecule has 0 aliphatic heterocycles. The van der Waals surface area contributed by atoms with Crippen molar-refractivity contribution in [3.05, 3.63) is 71.7 Å². The second kappa shape index (κ2) is 8.39. The molecule has 0 radical (unpaired) electrons. The molecule has 0 amide bonds. The fourth-order valence-corrected chi connectivity index (χ4v) is 4.61. The standard InChI is InChI=1S/C21H16N4O2S2/c1-27-15-6-4-5-14(11-15)25-10-9-23-21(25)28-13-18(26)16(12-22)20-24-17-7-2-3-8-19(17)29-20/h2-11,26H,13H2,1H3. The van der Waals surface area contributed by atoms with Crippen LogP contribution in [0.2, 0.25) is 0 Å². The van der Waals surface area contributed by atoms with E-state index in [2.05, 4.69) is 16.0 Å². The Morgan fingerprint density at radius 3 is 2.93 bits per heavy atom. The predicted molar refractivity (Wildman–Crippen MR) is 116 cm³/mol. The molecule has 0 saturated carbocycles. The third kappa shape index (κ3) is 3.97. The molecule has 8 heteroatoms. The van der Waals surface area contributed by atoms with Crippen molar-refractivity contribution in [2.45, 2.75) is 5.16 Å². The fraction of sp³-hybridized carbons (Fsp3) is 0.0952. The maximum Gasteiger partial charge on any atom is 0.173 e. The van der Waals surface area contributed by atoms with Gasteiger partial charge in [0.2, 0.25) is 0 Å². The van der Waals surface area contributed by atoms with Crippen LogP contribution in [-0.2, 0) is 0 Å². The number of rotatable bonds is 6. The lowest BCUT2D eigenvalue weighted by Gasteiger charge is -2.09. The fourth-order valence-electron chi connectivity index (χ4n) is 2.77. The summed E-state index contributed by atoms with van der Waals surface area (Å²) in [5.74, 6) is 0.939. The van der Waals surface area contributed by atoms with E-state index in [0.717, 1.165) is 21.7 Å². The van der Waals surface area contributed by atoms with Gasteiger partial charge in [0, 0.05) is 18.5 Å². The van der Waals surface area contributed by atoms with Crippen LogP contribution in [0.3, 0.4) is 0 Å².